The first-order chi connectivity index (χ1) is 14.4. The van der Waals surface area contributed by atoms with Crippen LogP contribution in [0, 0.1) is 0 Å². The van der Waals surface area contributed by atoms with Gasteiger partial charge >= 0.3 is 22.3 Å². The highest BCUT2D eigenvalue weighted by Gasteiger charge is 2.65. The highest BCUT2D eigenvalue weighted by atomic mass is 32.5. The molecule has 0 radical (unpaired) electrons. The first-order valence-corrected chi connectivity index (χ1v) is 11.4. The van der Waals surface area contributed by atoms with Crippen molar-refractivity contribution >= 4 is 22.3 Å². The number of nitrogens with one attached hydrogen (secondary N) is 1. The molecule has 2 rings (SSSR count). The van der Waals surface area contributed by atoms with Gasteiger partial charge in [0.2, 0.25) is 0 Å². The molecule has 0 aromatic heterocycles. The number of amides is 1. The van der Waals surface area contributed by atoms with Gasteiger partial charge in [0.15, 0.2) is 0 Å². The summed E-state index contributed by atoms with van der Waals surface area (Å²) in [5.41, 5.74) is -0.0865. The van der Waals surface area contributed by atoms with E-state index in [1.165, 1.54) is 0 Å². The minimum absolute atomic E-state index is 0.102. The maximum atomic E-state index is 12.9. The van der Waals surface area contributed by atoms with E-state index in [2.05, 4.69) is 5.32 Å². The normalized spacial score (nSPS) is 15.1. The molecular weight excluding hydrogens is 457 g/mol. The molecule has 2 aromatic rings. The molecule has 0 aliphatic heterocycles. The zero-order valence-corrected chi connectivity index (χ0v) is 18.4. The molecule has 32 heavy (non-hydrogen) atoms. The van der Waals surface area contributed by atoms with Gasteiger partial charge in [0.1, 0.15) is 23.1 Å². The molecule has 5 nitrogen and oxygen atoms in total. The number of hydrogen-bond donors (Lipinski definition) is 1. The van der Waals surface area contributed by atoms with E-state index in [0.717, 1.165) is 12.1 Å². The third kappa shape index (κ3) is 8.37. The molecule has 2 aromatic carbocycles. The van der Waals surface area contributed by atoms with Crippen molar-refractivity contribution in [1.29, 1.82) is 0 Å². The van der Waals surface area contributed by atoms with Crippen molar-refractivity contribution < 1.29 is 38.5 Å². The van der Waals surface area contributed by atoms with Gasteiger partial charge in [-0.2, -0.15) is 0 Å². The summed E-state index contributed by atoms with van der Waals surface area (Å²) in [5.74, 6) is -0.864. The van der Waals surface area contributed by atoms with E-state index in [-0.39, 0.29) is 30.7 Å². The Hall–Kier alpha value is -2.82. The summed E-state index contributed by atoms with van der Waals surface area (Å²) in [6.45, 7) is 4.71. The zero-order valence-electron chi connectivity index (χ0n) is 17.6. The molecule has 0 spiro atoms. The molecule has 11 heteroatoms. The van der Waals surface area contributed by atoms with Gasteiger partial charge in [-0.1, -0.05) is 61.9 Å². The van der Waals surface area contributed by atoms with Crippen LogP contribution < -0.4 is 5.32 Å². The minimum Gasteiger partial charge on any atom is -0.459 e. The van der Waals surface area contributed by atoms with Crippen molar-refractivity contribution in [2.24, 2.45) is 0 Å². The molecule has 1 amide bonds. The SMILES string of the molecule is CC(C)(C)OC(=O)N[C@H](Cc1ccc(S(F)(F)(F)(F)F)cc1)C(=O)OCc1ccccc1. The van der Waals surface area contributed by atoms with Crippen molar-refractivity contribution in [3.8, 4) is 0 Å². The zero-order chi connectivity index (χ0) is 24.3. The number of ether oxygens (including phenoxy) is 2. The van der Waals surface area contributed by atoms with Crippen LogP contribution in [-0.4, -0.2) is 23.7 Å². The average Bonchev–Trinajstić information content (AvgIpc) is 2.63. The quantitative estimate of drug-likeness (QED) is 0.361. The molecular formula is C21H24F5NO4S. The predicted molar refractivity (Wildman–Crippen MR) is 111 cm³/mol. The van der Waals surface area contributed by atoms with Crippen LogP contribution in [0.2, 0.25) is 0 Å². The van der Waals surface area contributed by atoms with Crippen LogP contribution in [0.4, 0.5) is 24.2 Å². The largest absolute Gasteiger partial charge is 0.459 e. The molecule has 178 valence electrons. The van der Waals surface area contributed by atoms with E-state index in [9.17, 15) is 29.0 Å². The summed E-state index contributed by atoms with van der Waals surface area (Å²) < 4.78 is 74.9. The number of carbonyl (C=O) groups excluding carboxylic acids is 2. The van der Waals surface area contributed by atoms with Gasteiger partial charge < -0.3 is 14.8 Å². The third-order valence-electron chi connectivity index (χ3n) is 4.01. The van der Waals surface area contributed by atoms with Crippen LogP contribution in [0.25, 0.3) is 0 Å². The lowest BCUT2D eigenvalue weighted by atomic mass is 10.1. The summed E-state index contributed by atoms with van der Waals surface area (Å²) in [5, 5.41) is 2.32. The average molecular weight is 481 g/mol. The lowest BCUT2D eigenvalue weighted by molar-refractivity contribution is -0.147. The van der Waals surface area contributed by atoms with Gasteiger partial charge in [-0.25, -0.2) is 9.59 Å². The molecule has 0 bridgehead atoms. The van der Waals surface area contributed by atoms with Crippen LogP contribution in [-0.2, 0) is 27.3 Å². The number of alkyl carbamates (subject to hydrolysis) is 1. The van der Waals surface area contributed by atoms with Crippen molar-refractivity contribution in [1.82, 2.24) is 5.32 Å². The molecule has 1 N–H and O–H groups in total. The topological polar surface area (TPSA) is 64.6 Å². The van der Waals surface area contributed by atoms with E-state index in [4.69, 9.17) is 9.47 Å². The van der Waals surface area contributed by atoms with E-state index in [1.54, 1.807) is 51.1 Å². The van der Waals surface area contributed by atoms with Crippen molar-refractivity contribution in [3.63, 3.8) is 0 Å². The molecule has 1 atom stereocenters. The van der Waals surface area contributed by atoms with Crippen LogP contribution in [0.3, 0.4) is 0 Å². The Balaban J connectivity index is 2.18. The van der Waals surface area contributed by atoms with Crippen LogP contribution in [0.1, 0.15) is 31.9 Å². The van der Waals surface area contributed by atoms with Crippen LogP contribution >= 0.6 is 10.2 Å². The molecule has 0 unspecified atom stereocenters. The van der Waals surface area contributed by atoms with Gasteiger partial charge in [-0.05, 0) is 44.0 Å². The molecule has 0 fully saturated rings. The standard InChI is InChI=1S/C21H24F5NO4S/c1-21(2,3)31-20(29)27-18(19(28)30-14-16-7-5-4-6-8-16)13-15-9-11-17(12-10-15)32(22,23,24,25)26/h4-12,18H,13-14H2,1-3H3,(H,27,29)/t18-/m1/s1. The number of halogens is 5. The number of carbonyl (C=O) groups is 2. The number of esters is 1. The lowest BCUT2D eigenvalue weighted by Crippen LogP contribution is -2.45. The van der Waals surface area contributed by atoms with Gasteiger partial charge in [-0.15, -0.1) is 0 Å². The Labute approximate surface area is 182 Å². The van der Waals surface area contributed by atoms with E-state index in [1.807, 2.05) is 0 Å². The second-order valence-corrected chi connectivity index (χ2v) is 10.5. The Bertz CT molecular complexity index is 959. The van der Waals surface area contributed by atoms with Crippen LogP contribution in [0.15, 0.2) is 59.5 Å². The predicted octanol–water partition coefficient (Wildman–Crippen LogP) is 6.52. The molecule has 0 aliphatic rings. The van der Waals surface area contributed by atoms with Crippen molar-refractivity contribution in [3.05, 3.63) is 65.7 Å². The number of rotatable bonds is 7. The van der Waals surface area contributed by atoms with E-state index >= 15 is 0 Å². The fourth-order valence-electron chi connectivity index (χ4n) is 2.59. The van der Waals surface area contributed by atoms with Crippen LogP contribution in [0.5, 0.6) is 0 Å². The van der Waals surface area contributed by atoms with Gasteiger partial charge in [-0.3, -0.25) is 0 Å². The highest BCUT2D eigenvalue weighted by Crippen LogP contribution is 3.02. The fourth-order valence-corrected chi connectivity index (χ4v) is 3.24. The minimum atomic E-state index is -9.81. The van der Waals surface area contributed by atoms with Gasteiger partial charge in [0, 0.05) is 6.42 Å². The Kier molecular flexibility index (Phi) is 6.57. The second-order valence-electron chi connectivity index (χ2n) is 8.11. The maximum absolute atomic E-state index is 12.9. The van der Waals surface area contributed by atoms with E-state index < -0.39 is 38.8 Å². The van der Waals surface area contributed by atoms with Gasteiger partial charge in [0.25, 0.3) is 0 Å². The van der Waals surface area contributed by atoms with Gasteiger partial charge in [0.05, 0.1) is 0 Å². The monoisotopic (exact) mass is 481 g/mol. The van der Waals surface area contributed by atoms with Crippen molar-refractivity contribution in [2.75, 3.05) is 0 Å². The Morgan fingerprint density at radius 2 is 1.47 bits per heavy atom. The first kappa shape index (κ1) is 25.4. The summed E-state index contributed by atoms with van der Waals surface area (Å²) in [6.07, 6.45) is -1.24. The second kappa shape index (κ2) is 8.27. The Morgan fingerprint density at radius 3 is 1.97 bits per heavy atom. The third-order valence-corrected chi connectivity index (χ3v) is 5.17. The smallest absolute Gasteiger partial charge is 0.408 e. The fraction of sp³-hybridized carbons (Fsp3) is 0.333. The number of benzene rings is 2. The molecule has 0 saturated carbocycles. The number of hydrogen-bond acceptors (Lipinski definition) is 4. The summed E-state index contributed by atoms with van der Waals surface area (Å²) in [4.78, 5) is 22.6. The summed E-state index contributed by atoms with van der Waals surface area (Å²) in [7, 11) is -9.81. The van der Waals surface area contributed by atoms with Crippen molar-refractivity contribution in [2.45, 2.75) is 50.3 Å². The Morgan fingerprint density at radius 1 is 0.906 bits per heavy atom. The summed E-state index contributed by atoms with van der Waals surface area (Å²) in [6, 6.07) is 9.48. The highest BCUT2D eigenvalue weighted by molar-refractivity contribution is 8.45. The molecule has 0 saturated heterocycles. The maximum Gasteiger partial charge on any atom is 0.408 e. The van der Waals surface area contributed by atoms with E-state index in [0.29, 0.717) is 5.56 Å². The summed E-state index contributed by atoms with van der Waals surface area (Å²) >= 11 is 0. The first-order valence-electron chi connectivity index (χ1n) is 9.46. The molecule has 0 heterocycles. The molecule has 0 aliphatic carbocycles. The lowest BCUT2D eigenvalue weighted by Gasteiger charge is -2.40.